The molecule has 0 fully saturated rings. The Bertz CT molecular complexity index is 635. The predicted octanol–water partition coefficient (Wildman–Crippen LogP) is 2.99. The monoisotopic (exact) mass is 221 g/mol. The first-order valence-electron chi connectivity index (χ1n) is 5.45. The highest BCUT2D eigenvalue weighted by molar-refractivity contribution is 5.80. The third-order valence-corrected chi connectivity index (χ3v) is 2.54. The van der Waals surface area contributed by atoms with Crippen molar-refractivity contribution in [1.29, 1.82) is 0 Å². The van der Waals surface area contributed by atoms with Crippen LogP contribution in [0.25, 0.3) is 16.2 Å². The first-order valence-corrected chi connectivity index (χ1v) is 5.45. The second-order valence-corrected chi connectivity index (χ2v) is 3.74. The highest BCUT2D eigenvalue weighted by Gasteiger charge is 1.99. The molecule has 0 radical (unpaired) electrons. The molecule has 3 heteroatoms. The quantitative estimate of drug-likeness (QED) is 0.612. The molecule has 3 rings (SSSR count). The summed E-state index contributed by atoms with van der Waals surface area (Å²) in [6, 6.07) is 15.9. The fraction of sp³-hybridized carbons (Fsp3) is 0. The van der Waals surface area contributed by atoms with Crippen LogP contribution >= 0.6 is 0 Å². The maximum Gasteiger partial charge on any atom is 0.190 e. The molecule has 0 N–H and O–H groups in total. The van der Waals surface area contributed by atoms with Crippen LogP contribution in [-0.2, 0) is 0 Å². The van der Waals surface area contributed by atoms with Gasteiger partial charge in [0.1, 0.15) is 0 Å². The zero-order chi connectivity index (χ0) is 11.5. The minimum atomic E-state index is 0.702. The van der Waals surface area contributed by atoms with Gasteiger partial charge in [-0.25, -0.2) is 0 Å². The number of benzene rings is 1. The van der Waals surface area contributed by atoms with Crippen LogP contribution in [0.4, 0.5) is 5.82 Å². The smallest absolute Gasteiger partial charge is 0.190 e. The van der Waals surface area contributed by atoms with Crippen LogP contribution in [0.3, 0.4) is 0 Å². The molecule has 0 aliphatic rings. The van der Waals surface area contributed by atoms with Gasteiger partial charge in [-0.3, -0.25) is 0 Å². The van der Waals surface area contributed by atoms with E-state index in [9.17, 15) is 0 Å². The van der Waals surface area contributed by atoms with Crippen LogP contribution < -0.4 is 4.68 Å². The molecule has 1 aromatic carbocycles. The Kier molecular flexibility index (Phi) is 2.43. The molecule has 82 valence electrons. The maximum absolute atomic E-state index is 4.40. The van der Waals surface area contributed by atoms with Gasteiger partial charge in [-0.2, -0.15) is 5.43 Å². The van der Waals surface area contributed by atoms with Crippen molar-refractivity contribution in [1.82, 2.24) is 4.98 Å². The molecule has 2 aromatic heterocycles. The lowest BCUT2D eigenvalue weighted by atomic mass is 10.2. The molecule has 3 aromatic rings. The van der Waals surface area contributed by atoms with Gasteiger partial charge in [0.05, 0.1) is 0 Å². The molecule has 0 spiro atoms. The van der Waals surface area contributed by atoms with Gasteiger partial charge in [0.2, 0.25) is 0 Å². The summed E-state index contributed by atoms with van der Waals surface area (Å²) >= 11 is 0. The molecule has 0 aliphatic carbocycles. The topological polar surface area (TPSA) is 30.9 Å². The minimum Gasteiger partial charge on any atom is -0.438 e. The van der Waals surface area contributed by atoms with E-state index in [0.717, 1.165) is 5.39 Å². The van der Waals surface area contributed by atoms with E-state index in [1.807, 2.05) is 48.8 Å². The number of rotatable bonds is 2. The van der Waals surface area contributed by atoms with Gasteiger partial charge in [0, 0.05) is 17.3 Å². The molecule has 2 heterocycles. The summed E-state index contributed by atoms with van der Waals surface area (Å²) in [6.07, 6.45) is 5.65. The van der Waals surface area contributed by atoms with Crippen LogP contribution in [0, 0.1) is 0 Å². The van der Waals surface area contributed by atoms with Crippen LogP contribution in [0.2, 0.25) is 0 Å². The molecule has 3 nitrogen and oxygen atoms in total. The third-order valence-electron chi connectivity index (χ3n) is 2.54. The average Bonchev–Trinajstić information content (AvgIpc) is 2.40. The third kappa shape index (κ3) is 2.08. The van der Waals surface area contributed by atoms with Crippen LogP contribution in [0.5, 0.6) is 0 Å². The SMILES string of the molecule is c1ccc([N-][n+]2ccc3ccccc3c2)nc1. The van der Waals surface area contributed by atoms with Crippen molar-refractivity contribution in [3.8, 4) is 0 Å². The molecule has 17 heavy (non-hydrogen) atoms. The van der Waals surface area contributed by atoms with Crippen molar-refractivity contribution in [2.45, 2.75) is 0 Å². The summed E-state index contributed by atoms with van der Waals surface area (Å²) in [5.74, 6) is 0.702. The summed E-state index contributed by atoms with van der Waals surface area (Å²) in [7, 11) is 0. The van der Waals surface area contributed by atoms with Crippen molar-refractivity contribution >= 4 is 16.6 Å². The van der Waals surface area contributed by atoms with E-state index in [-0.39, 0.29) is 0 Å². The molecule has 0 bridgehead atoms. The molecule has 0 saturated heterocycles. The Balaban J connectivity index is 1.96. The molecular formula is C14H11N3. The summed E-state index contributed by atoms with van der Waals surface area (Å²) in [4.78, 5) is 4.17. The van der Waals surface area contributed by atoms with Gasteiger partial charge in [-0.1, -0.05) is 42.6 Å². The number of fused-ring (bicyclic) bond motifs is 1. The van der Waals surface area contributed by atoms with Crippen molar-refractivity contribution in [2.24, 2.45) is 0 Å². The second kappa shape index (κ2) is 4.22. The molecule has 0 aliphatic heterocycles. The van der Waals surface area contributed by atoms with Gasteiger partial charge < -0.3 is 4.98 Å². The molecular weight excluding hydrogens is 210 g/mol. The summed E-state index contributed by atoms with van der Waals surface area (Å²) in [5.41, 5.74) is 4.40. The van der Waals surface area contributed by atoms with Gasteiger partial charge in [0.15, 0.2) is 12.4 Å². The standard InChI is InChI=1S/C14H11N3/c1-2-6-13-11-17(10-8-12(13)5-1)16-14-7-3-4-9-15-14/h1-11H. The fourth-order valence-electron chi connectivity index (χ4n) is 1.72. The number of hydrogen-bond donors (Lipinski definition) is 0. The number of nitrogens with zero attached hydrogens (tertiary/aromatic N) is 3. The van der Waals surface area contributed by atoms with E-state index in [0.29, 0.717) is 5.82 Å². The Morgan fingerprint density at radius 3 is 2.53 bits per heavy atom. The Morgan fingerprint density at radius 2 is 1.71 bits per heavy atom. The van der Waals surface area contributed by atoms with E-state index in [2.05, 4.69) is 22.5 Å². The number of hydrogen-bond acceptors (Lipinski definition) is 1. The van der Waals surface area contributed by atoms with Crippen LogP contribution in [0.1, 0.15) is 0 Å². The largest absolute Gasteiger partial charge is 0.438 e. The molecule has 0 unspecified atom stereocenters. The van der Waals surface area contributed by atoms with E-state index in [1.165, 1.54) is 5.39 Å². The average molecular weight is 221 g/mol. The van der Waals surface area contributed by atoms with Crippen molar-refractivity contribution < 1.29 is 4.68 Å². The van der Waals surface area contributed by atoms with E-state index in [4.69, 9.17) is 0 Å². The first-order chi connectivity index (χ1) is 8.42. The van der Waals surface area contributed by atoms with Gasteiger partial charge in [-0.05, 0) is 11.5 Å². The Hall–Kier alpha value is -2.42. The van der Waals surface area contributed by atoms with E-state index in [1.54, 1.807) is 10.9 Å². The van der Waals surface area contributed by atoms with E-state index < -0.39 is 0 Å². The van der Waals surface area contributed by atoms with Gasteiger partial charge in [0.25, 0.3) is 0 Å². The Labute approximate surface area is 99.3 Å². The highest BCUT2D eigenvalue weighted by Crippen LogP contribution is 2.13. The molecule has 0 saturated carbocycles. The highest BCUT2D eigenvalue weighted by atomic mass is 15.4. The van der Waals surface area contributed by atoms with Crippen LogP contribution in [-0.4, -0.2) is 4.98 Å². The number of aromatic nitrogens is 2. The second-order valence-electron chi connectivity index (χ2n) is 3.74. The Morgan fingerprint density at radius 1 is 0.882 bits per heavy atom. The van der Waals surface area contributed by atoms with Crippen molar-refractivity contribution in [2.75, 3.05) is 0 Å². The number of pyridine rings is 2. The zero-order valence-electron chi connectivity index (χ0n) is 9.19. The predicted molar refractivity (Wildman–Crippen MR) is 66.8 cm³/mol. The normalized spacial score (nSPS) is 10.4. The zero-order valence-corrected chi connectivity index (χ0v) is 9.19. The molecule has 0 amide bonds. The summed E-state index contributed by atoms with van der Waals surface area (Å²) in [5, 5.41) is 2.37. The lowest BCUT2D eigenvalue weighted by molar-refractivity contribution is -0.617. The summed E-state index contributed by atoms with van der Waals surface area (Å²) in [6.45, 7) is 0. The first kappa shape index (κ1) is 9.78. The molecule has 0 atom stereocenters. The van der Waals surface area contributed by atoms with E-state index >= 15 is 0 Å². The lowest BCUT2D eigenvalue weighted by Gasteiger charge is -2.07. The van der Waals surface area contributed by atoms with Gasteiger partial charge >= 0.3 is 0 Å². The van der Waals surface area contributed by atoms with Crippen LogP contribution in [0.15, 0.2) is 67.1 Å². The minimum absolute atomic E-state index is 0.702. The van der Waals surface area contributed by atoms with Crippen molar-refractivity contribution in [3.05, 3.63) is 72.5 Å². The van der Waals surface area contributed by atoms with Crippen molar-refractivity contribution in [3.63, 3.8) is 0 Å². The summed E-state index contributed by atoms with van der Waals surface area (Å²) < 4.78 is 1.78. The van der Waals surface area contributed by atoms with Gasteiger partial charge in [-0.15, -0.1) is 4.68 Å². The fourth-order valence-corrected chi connectivity index (χ4v) is 1.72. The maximum atomic E-state index is 4.40. The lowest BCUT2D eigenvalue weighted by Crippen LogP contribution is -2.26.